The van der Waals surface area contributed by atoms with Crippen molar-refractivity contribution in [3.8, 4) is 11.5 Å². The molecule has 34 heavy (non-hydrogen) atoms. The summed E-state index contributed by atoms with van der Waals surface area (Å²) in [6.45, 7) is 5.79. The first kappa shape index (κ1) is 26.2. The number of carbonyl (C=O) groups is 1. The van der Waals surface area contributed by atoms with Gasteiger partial charge in [-0.25, -0.2) is 9.18 Å². The van der Waals surface area contributed by atoms with E-state index in [0.29, 0.717) is 42.8 Å². The van der Waals surface area contributed by atoms with Crippen molar-refractivity contribution in [3.63, 3.8) is 0 Å². The molecular weight excluding hydrogens is 435 g/mol. The summed E-state index contributed by atoms with van der Waals surface area (Å²) in [7, 11) is 0. The number of esters is 1. The van der Waals surface area contributed by atoms with Gasteiger partial charge >= 0.3 is 5.97 Å². The fraction of sp³-hybridized carbons (Fsp3) is 0.536. The van der Waals surface area contributed by atoms with E-state index >= 15 is 0 Å². The molecule has 1 heterocycles. The highest BCUT2D eigenvalue weighted by atomic mass is 19.1. The summed E-state index contributed by atoms with van der Waals surface area (Å²) in [4.78, 5) is 12.4. The molecule has 3 rings (SSSR count). The largest absolute Gasteiger partial charge is 0.494 e. The summed E-state index contributed by atoms with van der Waals surface area (Å²) >= 11 is 0. The number of carbonyl (C=O) groups excluding carboxylic acids is 1. The summed E-state index contributed by atoms with van der Waals surface area (Å²) in [5.74, 6) is 0.226. The molecule has 0 radical (unpaired) electrons. The second kappa shape index (κ2) is 14.1. The highest BCUT2D eigenvalue weighted by Crippen LogP contribution is 2.30. The lowest BCUT2D eigenvalue weighted by Crippen LogP contribution is -2.27. The van der Waals surface area contributed by atoms with Gasteiger partial charge in [0.2, 0.25) is 0 Å². The number of ether oxygens (including phenoxy) is 4. The van der Waals surface area contributed by atoms with E-state index in [4.69, 9.17) is 18.9 Å². The van der Waals surface area contributed by atoms with Crippen LogP contribution >= 0.6 is 0 Å². The Morgan fingerprint density at radius 3 is 2.21 bits per heavy atom. The molecule has 2 aromatic carbocycles. The second-order valence-electron chi connectivity index (χ2n) is 8.80. The molecule has 1 aliphatic heterocycles. The number of hydrogen-bond donors (Lipinski definition) is 0. The Morgan fingerprint density at radius 1 is 0.912 bits per heavy atom. The van der Waals surface area contributed by atoms with Crippen LogP contribution in [0, 0.1) is 11.7 Å². The molecular formula is C28H37FO5. The van der Waals surface area contributed by atoms with Gasteiger partial charge < -0.3 is 18.9 Å². The van der Waals surface area contributed by atoms with Gasteiger partial charge in [0.1, 0.15) is 17.3 Å². The number of rotatable bonds is 13. The number of benzene rings is 2. The van der Waals surface area contributed by atoms with Gasteiger partial charge in [-0.1, -0.05) is 57.9 Å². The molecule has 0 bridgehead atoms. The van der Waals surface area contributed by atoms with Gasteiger partial charge in [-0.15, -0.1) is 0 Å². The SMILES string of the molecule is CCCCCCCCCC1COC(c2ccc(C(=O)Oc3ccc(OCC)cc3)cc2F)OC1. The average molecular weight is 473 g/mol. The maximum absolute atomic E-state index is 14.8. The standard InChI is InChI=1S/C28H37FO5/c1-3-5-6-7-8-9-10-11-21-19-32-28(33-20-21)25-17-12-22(18-26(25)29)27(30)34-24-15-13-23(14-16-24)31-4-2/h12-18,21,28H,3-11,19-20H2,1-2H3. The predicted molar refractivity (Wildman–Crippen MR) is 130 cm³/mol. The Hall–Kier alpha value is -2.44. The van der Waals surface area contributed by atoms with E-state index in [2.05, 4.69) is 6.92 Å². The summed E-state index contributed by atoms with van der Waals surface area (Å²) < 4.78 is 37.1. The second-order valence-corrected chi connectivity index (χ2v) is 8.80. The van der Waals surface area contributed by atoms with Crippen LogP contribution in [0.4, 0.5) is 4.39 Å². The molecule has 0 aromatic heterocycles. The molecule has 0 amide bonds. The van der Waals surface area contributed by atoms with Crippen LogP contribution in [0.5, 0.6) is 11.5 Å². The fourth-order valence-corrected chi connectivity index (χ4v) is 4.06. The van der Waals surface area contributed by atoms with Crippen molar-refractivity contribution < 1.29 is 28.1 Å². The van der Waals surface area contributed by atoms with Gasteiger partial charge in [0.15, 0.2) is 6.29 Å². The maximum Gasteiger partial charge on any atom is 0.343 e. The zero-order valence-corrected chi connectivity index (χ0v) is 20.4. The minimum absolute atomic E-state index is 0.128. The molecule has 2 aromatic rings. The van der Waals surface area contributed by atoms with Gasteiger partial charge in [0.05, 0.1) is 25.4 Å². The zero-order chi connectivity index (χ0) is 24.2. The van der Waals surface area contributed by atoms with E-state index in [-0.39, 0.29) is 5.56 Å². The van der Waals surface area contributed by atoms with Crippen LogP contribution in [0.1, 0.15) is 87.4 Å². The third-order valence-electron chi connectivity index (χ3n) is 6.02. The summed E-state index contributed by atoms with van der Waals surface area (Å²) in [6, 6.07) is 10.9. The molecule has 186 valence electrons. The van der Waals surface area contributed by atoms with Crippen LogP contribution < -0.4 is 9.47 Å². The first-order valence-electron chi connectivity index (χ1n) is 12.6. The lowest BCUT2D eigenvalue weighted by molar-refractivity contribution is -0.207. The van der Waals surface area contributed by atoms with Crippen LogP contribution in [0.2, 0.25) is 0 Å². The van der Waals surface area contributed by atoms with E-state index in [9.17, 15) is 9.18 Å². The van der Waals surface area contributed by atoms with Crippen LogP contribution in [0.25, 0.3) is 0 Å². The minimum atomic E-state index is -0.749. The van der Waals surface area contributed by atoms with Gasteiger partial charge in [0.25, 0.3) is 0 Å². The van der Waals surface area contributed by atoms with E-state index in [1.807, 2.05) is 6.92 Å². The Balaban J connectivity index is 1.43. The molecule has 0 atom stereocenters. The van der Waals surface area contributed by atoms with Crippen LogP contribution in [-0.4, -0.2) is 25.8 Å². The van der Waals surface area contributed by atoms with Crippen molar-refractivity contribution in [2.75, 3.05) is 19.8 Å². The number of hydrogen-bond acceptors (Lipinski definition) is 5. The topological polar surface area (TPSA) is 54.0 Å². The number of halogens is 1. The summed E-state index contributed by atoms with van der Waals surface area (Å²) in [5.41, 5.74) is 0.426. The van der Waals surface area contributed by atoms with Crippen molar-refractivity contribution in [2.45, 2.75) is 71.5 Å². The molecule has 1 saturated heterocycles. The molecule has 0 spiro atoms. The van der Waals surface area contributed by atoms with Crippen molar-refractivity contribution in [1.82, 2.24) is 0 Å². The van der Waals surface area contributed by atoms with Gasteiger partial charge in [0, 0.05) is 11.5 Å². The van der Waals surface area contributed by atoms with Crippen molar-refractivity contribution >= 4 is 5.97 Å². The zero-order valence-electron chi connectivity index (χ0n) is 20.4. The quantitative estimate of drug-likeness (QED) is 0.175. The van der Waals surface area contributed by atoms with Crippen molar-refractivity contribution in [3.05, 3.63) is 59.4 Å². The van der Waals surface area contributed by atoms with Crippen LogP contribution in [-0.2, 0) is 9.47 Å². The van der Waals surface area contributed by atoms with Crippen molar-refractivity contribution in [2.24, 2.45) is 5.92 Å². The highest BCUT2D eigenvalue weighted by molar-refractivity contribution is 5.91. The van der Waals surface area contributed by atoms with E-state index < -0.39 is 18.1 Å². The first-order chi connectivity index (χ1) is 16.6. The molecule has 6 heteroatoms. The smallest absolute Gasteiger partial charge is 0.343 e. The molecule has 0 aliphatic carbocycles. The molecule has 5 nitrogen and oxygen atoms in total. The molecule has 0 N–H and O–H groups in total. The van der Waals surface area contributed by atoms with Crippen LogP contribution in [0.3, 0.4) is 0 Å². The van der Waals surface area contributed by atoms with E-state index in [1.54, 1.807) is 24.3 Å². The number of unbranched alkanes of at least 4 members (excludes halogenated alkanes) is 6. The Morgan fingerprint density at radius 2 is 1.56 bits per heavy atom. The molecule has 0 saturated carbocycles. The third-order valence-corrected chi connectivity index (χ3v) is 6.02. The fourth-order valence-electron chi connectivity index (χ4n) is 4.06. The van der Waals surface area contributed by atoms with Crippen molar-refractivity contribution in [1.29, 1.82) is 0 Å². The van der Waals surface area contributed by atoms with E-state index in [1.165, 1.54) is 63.1 Å². The third kappa shape index (κ3) is 8.10. The Kier molecular flexibility index (Phi) is 10.8. The Labute approximate surface area is 202 Å². The maximum atomic E-state index is 14.8. The highest BCUT2D eigenvalue weighted by Gasteiger charge is 2.26. The monoisotopic (exact) mass is 472 g/mol. The normalized spacial score (nSPS) is 18.0. The molecule has 1 fully saturated rings. The Bertz CT molecular complexity index is 875. The minimum Gasteiger partial charge on any atom is -0.494 e. The summed E-state index contributed by atoms with van der Waals surface area (Å²) in [6.07, 6.45) is 9.27. The van der Waals surface area contributed by atoms with Gasteiger partial charge in [-0.05, 0) is 49.7 Å². The molecule has 0 unspecified atom stereocenters. The lowest BCUT2D eigenvalue weighted by atomic mass is 10.0. The van der Waals surface area contributed by atoms with Crippen LogP contribution in [0.15, 0.2) is 42.5 Å². The molecule has 1 aliphatic rings. The summed E-state index contributed by atoms with van der Waals surface area (Å²) in [5, 5.41) is 0. The van der Waals surface area contributed by atoms with E-state index in [0.717, 1.165) is 6.42 Å². The average Bonchev–Trinajstić information content (AvgIpc) is 2.85. The van der Waals surface area contributed by atoms with Gasteiger partial charge in [-0.2, -0.15) is 0 Å². The van der Waals surface area contributed by atoms with Gasteiger partial charge in [-0.3, -0.25) is 0 Å². The predicted octanol–water partition coefficient (Wildman–Crippen LogP) is 7.25. The lowest BCUT2D eigenvalue weighted by Gasteiger charge is -2.30. The first-order valence-corrected chi connectivity index (χ1v) is 12.6.